The molecule has 2 amide bonds. The molecular weight excluding hydrogens is 284 g/mol. The predicted molar refractivity (Wildman–Crippen MR) is 87.7 cm³/mol. The van der Waals surface area contributed by atoms with Crippen LogP contribution >= 0.6 is 11.6 Å². The van der Waals surface area contributed by atoms with Crippen LogP contribution in [0.2, 0.25) is 5.02 Å². The molecule has 0 bridgehead atoms. The van der Waals surface area contributed by atoms with Crippen molar-refractivity contribution in [1.82, 2.24) is 10.6 Å². The third kappa shape index (κ3) is 6.38. The first-order chi connectivity index (χ1) is 10.2. The van der Waals surface area contributed by atoms with Crippen LogP contribution in [0.5, 0.6) is 0 Å². The van der Waals surface area contributed by atoms with E-state index in [-0.39, 0.29) is 6.03 Å². The van der Waals surface area contributed by atoms with Crippen LogP contribution in [0.4, 0.5) is 4.79 Å². The molecule has 0 heterocycles. The van der Waals surface area contributed by atoms with Gasteiger partial charge in [-0.1, -0.05) is 55.8 Å². The van der Waals surface area contributed by atoms with E-state index in [4.69, 9.17) is 11.6 Å². The third-order valence-corrected chi connectivity index (χ3v) is 4.43. The largest absolute Gasteiger partial charge is 0.338 e. The van der Waals surface area contributed by atoms with E-state index in [0.29, 0.717) is 6.54 Å². The molecule has 2 N–H and O–H groups in total. The van der Waals surface area contributed by atoms with Gasteiger partial charge in [-0.3, -0.25) is 0 Å². The molecular formula is C17H25ClN2O. The van der Waals surface area contributed by atoms with Crippen molar-refractivity contribution in [2.24, 2.45) is 5.92 Å². The summed E-state index contributed by atoms with van der Waals surface area (Å²) in [7, 11) is 0. The van der Waals surface area contributed by atoms with Gasteiger partial charge in [0.15, 0.2) is 0 Å². The summed E-state index contributed by atoms with van der Waals surface area (Å²) in [4.78, 5) is 11.7. The average molecular weight is 309 g/mol. The number of nitrogens with one attached hydrogen (secondary N) is 2. The number of urea groups is 1. The normalized spacial score (nSPS) is 15.7. The number of benzene rings is 1. The van der Waals surface area contributed by atoms with Crippen molar-refractivity contribution >= 4 is 17.6 Å². The van der Waals surface area contributed by atoms with E-state index in [1.807, 2.05) is 24.3 Å². The lowest BCUT2D eigenvalue weighted by Crippen LogP contribution is -2.37. The Kier molecular flexibility index (Phi) is 6.87. The molecule has 116 valence electrons. The van der Waals surface area contributed by atoms with E-state index in [2.05, 4.69) is 10.6 Å². The van der Waals surface area contributed by atoms with E-state index in [9.17, 15) is 4.79 Å². The zero-order valence-electron chi connectivity index (χ0n) is 12.5. The summed E-state index contributed by atoms with van der Waals surface area (Å²) in [5.74, 6) is 0.813. The fourth-order valence-corrected chi connectivity index (χ4v) is 3.03. The summed E-state index contributed by atoms with van der Waals surface area (Å²) in [6.45, 7) is 1.44. The van der Waals surface area contributed by atoms with Gasteiger partial charge in [-0.25, -0.2) is 4.79 Å². The van der Waals surface area contributed by atoms with Gasteiger partial charge in [0.25, 0.3) is 0 Å². The van der Waals surface area contributed by atoms with E-state index in [0.717, 1.165) is 30.3 Å². The SMILES string of the molecule is O=C(NCCc1ccc(Cl)cc1)NCCC1CCCCC1. The number of hydrogen-bond acceptors (Lipinski definition) is 1. The molecule has 2 rings (SSSR count). The molecule has 21 heavy (non-hydrogen) atoms. The van der Waals surface area contributed by atoms with Gasteiger partial charge in [0, 0.05) is 18.1 Å². The molecule has 3 nitrogen and oxygen atoms in total. The lowest BCUT2D eigenvalue weighted by molar-refractivity contribution is 0.239. The van der Waals surface area contributed by atoms with E-state index in [1.54, 1.807) is 0 Å². The average Bonchev–Trinajstić information content (AvgIpc) is 2.50. The van der Waals surface area contributed by atoms with Crippen LogP contribution in [0, 0.1) is 5.92 Å². The Labute approximate surface area is 132 Å². The molecule has 0 spiro atoms. The quantitative estimate of drug-likeness (QED) is 0.814. The Balaban J connectivity index is 1.54. The second-order valence-corrected chi connectivity index (χ2v) is 6.29. The highest BCUT2D eigenvalue weighted by Gasteiger charge is 2.13. The van der Waals surface area contributed by atoms with Crippen molar-refractivity contribution in [2.45, 2.75) is 44.9 Å². The number of rotatable bonds is 6. The van der Waals surface area contributed by atoms with E-state index in [1.165, 1.54) is 37.7 Å². The Morgan fingerprint density at radius 2 is 1.71 bits per heavy atom. The maximum Gasteiger partial charge on any atom is 0.314 e. The van der Waals surface area contributed by atoms with E-state index >= 15 is 0 Å². The Morgan fingerprint density at radius 1 is 1.05 bits per heavy atom. The topological polar surface area (TPSA) is 41.1 Å². The van der Waals surface area contributed by atoms with Crippen LogP contribution < -0.4 is 10.6 Å². The van der Waals surface area contributed by atoms with Gasteiger partial charge in [0.05, 0.1) is 0 Å². The lowest BCUT2D eigenvalue weighted by atomic mass is 9.87. The zero-order chi connectivity index (χ0) is 14.9. The highest BCUT2D eigenvalue weighted by atomic mass is 35.5. The number of carbonyl (C=O) groups excluding carboxylic acids is 1. The molecule has 0 aliphatic heterocycles. The summed E-state index contributed by atoms with van der Waals surface area (Å²) >= 11 is 5.84. The minimum Gasteiger partial charge on any atom is -0.338 e. The summed E-state index contributed by atoms with van der Waals surface area (Å²) in [6.07, 6.45) is 8.71. The molecule has 0 unspecified atom stereocenters. The van der Waals surface area contributed by atoms with Gasteiger partial charge in [-0.15, -0.1) is 0 Å². The van der Waals surface area contributed by atoms with Crippen LogP contribution in [-0.4, -0.2) is 19.1 Å². The zero-order valence-corrected chi connectivity index (χ0v) is 13.3. The third-order valence-electron chi connectivity index (χ3n) is 4.18. The monoisotopic (exact) mass is 308 g/mol. The fraction of sp³-hybridized carbons (Fsp3) is 0.588. The molecule has 0 radical (unpaired) electrons. The van der Waals surface area contributed by atoms with Crippen LogP contribution in [-0.2, 0) is 6.42 Å². The van der Waals surface area contributed by atoms with Crippen molar-refractivity contribution < 1.29 is 4.79 Å². The fourth-order valence-electron chi connectivity index (χ4n) is 2.90. The van der Waals surface area contributed by atoms with Crippen LogP contribution in [0.25, 0.3) is 0 Å². The minimum absolute atomic E-state index is 0.0558. The number of amides is 2. The summed E-state index contributed by atoms with van der Waals surface area (Å²) in [6, 6.07) is 7.68. The van der Waals surface area contributed by atoms with Crippen molar-refractivity contribution in [3.8, 4) is 0 Å². The van der Waals surface area contributed by atoms with Crippen molar-refractivity contribution in [3.05, 3.63) is 34.9 Å². The maximum atomic E-state index is 11.7. The molecule has 0 aromatic heterocycles. The smallest absolute Gasteiger partial charge is 0.314 e. The molecule has 4 heteroatoms. The lowest BCUT2D eigenvalue weighted by Gasteiger charge is -2.21. The number of halogens is 1. The maximum absolute atomic E-state index is 11.7. The van der Waals surface area contributed by atoms with Gasteiger partial charge in [0.1, 0.15) is 0 Å². The van der Waals surface area contributed by atoms with Gasteiger partial charge in [0.2, 0.25) is 0 Å². The summed E-state index contributed by atoms with van der Waals surface area (Å²) in [5, 5.41) is 6.60. The summed E-state index contributed by atoms with van der Waals surface area (Å²) in [5.41, 5.74) is 1.18. The first-order valence-electron chi connectivity index (χ1n) is 8.00. The Morgan fingerprint density at radius 3 is 2.43 bits per heavy atom. The molecule has 1 aliphatic rings. The minimum atomic E-state index is -0.0558. The van der Waals surface area contributed by atoms with Gasteiger partial charge < -0.3 is 10.6 Å². The van der Waals surface area contributed by atoms with E-state index < -0.39 is 0 Å². The first kappa shape index (κ1) is 16.2. The van der Waals surface area contributed by atoms with Gasteiger partial charge in [-0.2, -0.15) is 0 Å². The Bertz CT molecular complexity index is 427. The van der Waals surface area contributed by atoms with Crippen molar-refractivity contribution in [1.29, 1.82) is 0 Å². The van der Waals surface area contributed by atoms with Crippen LogP contribution in [0.1, 0.15) is 44.1 Å². The number of carbonyl (C=O) groups is 1. The van der Waals surface area contributed by atoms with Gasteiger partial charge in [-0.05, 0) is 36.5 Å². The molecule has 1 aromatic rings. The molecule has 1 aromatic carbocycles. The van der Waals surface area contributed by atoms with Crippen LogP contribution in [0.3, 0.4) is 0 Å². The standard InChI is InChI=1S/C17H25ClN2O/c18-16-8-6-15(7-9-16)11-13-20-17(21)19-12-10-14-4-2-1-3-5-14/h6-9,14H,1-5,10-13H2,(H2,19,20,21). The highest BCUT2D eigenvalue weighted by molar-refractivity contribution is 6.30. The molecule has 1 saturated carbocycles. The second kappa shape index (κ2) is 8.93. The van der Waals surface area contributed by atoms with Crippen molar-refractivity contribution in [2.75, 3.05) is 13.1 Å². The second-order valence-electron chi connectivity index (χ2n) is 5.85. The highest BCUT2D eigenvalue weighted by Crippen LogP contribution is 2.25. The molecule has 0 atom stereocenters. The summed E-state index contributed by atoms with van der Waals surface area (Å²) < 4.78 is 0. The molecule has 1 aliphatic carbocycles. The molecule has 0 saturated heterocycles. The predicted octanol–water partition coefficient (Wildman–Crippen LogP) is 4.15. The van der Waals surface area contributed by atoms with Crippen molar-refractivity contribution in [3.63, 3.8) is 0 Å². The number of hydrogen-bond donors (Lipinski definition) is 2. The first-order valence-corrected chi connectivity index (χ1v) is 8.38. The Hall–Kier alpha value is -1.22. The van der Waals surface area contributed by atoms with Gasteiger partial charge >= 0.3 is 6.03 Å². The molecule has 1 fully saturated rings. The van der Waals surface area contributed by atoms with Crippen LogP contribution in [0.15, 0.2) is 24.3 Å².